The predicted molar refractivity (Wildman–Crippen MR) is 124 cm³/mol. The third-order valence-corrected chi connectivity index (χ3v) is 6.64. The third kappa shape index (κ3) is 4.51. The molecule has 2 aliphatic heterocycles. The van der Waals surface area contributed by atoms with E-state index < -0.39 is 5.54 Å². The number of nitrogens with zero attached hydrogens (tertiary/aromatic N) is 3. The van der Waals surface area contributed by atoms with E-state index in [4.69, 9.17) is 0 Å². The second kappa shape index (κ2) is 9.33. The van der Waals surface area contributed by atoms with Crippen LogP contribution in [0.1, 0.15) is 37.8 Å². The molecule has 0 saturated carbocycles. The van der Waals surface area contributed by atoms with Gasteiger partial charge in [0.05, 0.1) is 0 Å². The summed E-state index contributed by atoms with van der Waals surface area (Å²) in [6.45, 7) is 7.31. The number of aromatic hydroxyl groups is 1. The maximum absolute atomic E-state index is 13.6. The molecule has 1 N–H and O–H groups in total. The molecule has 6 heteroatoms. The van der Waals surface area contributed by atoms with Crippen molar-refractivity contribution in [3.63, 3.8) is 0 Å². The Kier molecular flexibility index (Phi) is 6.51. The number of benzene rings is 2. The van der Waals surface area contributed by atoms with Crippen molar-refractivity contribution in [2.75, 3.05) is 26.2 Å². The Morgan fingerprint density at radius 1 is 0.969 bits per heavy atom. The summed E-state index contributed by atoms with van der Waals surface area (Å²) in [6.07, 6.45) is 2.02. The predicted octanol–water partition coefficient (Wildman–Crippen LogP) is 3.89. The largest absolute Gasteiger partial charge is 0.508 e. The van der Waals surface area contributed by atoms with Gasteiger partial charge in [0.15, 0.2) is 0 Å². The first-order chi connectivity index (χ1) is 15.4. The van der Waals surface area contributed by atoms with E-state index in [1.807, 2.05) is 49.1 Å². The monoisotopic (exact) mass is 435 g/mol. The van der Waals surface area contributed by atoms with Gasteiger partial charge in [-0.05, 0) is 48.4 Å². The number of urea groups is 1. The highest BCUT2D eigenvalue weighted by atomic mass is 16.3. The van der Waals surface area contributed by atoms with Crippen molar-refractivity contribution < 1.29 is 14.7 Å². The third-order valence-electron chi connectivity index (χ3n) is 6.64. The number of carbonyl (C=O) groups is 2. The first-order valence-corrected chi connectivity index (χ1v) is 11.6. The summed E-state index contributed by atoms with van der Waals surface area (Å²) in [5.74, 6) is 0.477. The summed E-state index contributed by atoms with van der Waals surface area (Å²) in [5, 5.41) is 9.75. The zero-order valence-corrected chi connectivity index (χ0v) is 19.0. The van der Waals surface area contributed by atoms with E-state index in [9.17, 15) is 14.7 Å². The van der Waals surface area contributed by atoms with Crippen LogP contribution in [0.2, 0.25) is 0 Å². The maximum atomic E-state index is 13.6. The summed E-state index contributed by atoms with van der Waals surface area (Å²) in [5.41, 5.74) is 1.49. The first-order valence-electron chi connectivity index (χ1n) is 11.6. The molecular weight excluding hydrogens is 402 g/mol. The van der Waals surface area contributed by atoms with Gasteiger partial charge in [-0.1, -0.05) is 56.3 Å². The van der Waals surface area contributed by atoms with Gasteiger partial charge in [-0.25, -0.2) is 4.79 Å². The number of rotatable bonds is 7. The number of carbonyl (C=O) groups excluding carboxylic acids is 2. The Labute approximate surface area is 190 Å². The smallest absolute Gasteiger partial charge is 0.327 e. The average molecular weight is 436 g/mol. The van der Waals surface area contributed by atoms with Crippen LogP contribution < -0.4 is 0 Å². The molecule has 0 radical (unpaired) electrons. The number of hydrogen-bond acceptors (Lipinski definition) is 4. The average Bonchev–Trinajstić information content (AvgIpc) is 2.95. The fraction of sp³-hybridized carbons (Fsp3) is 0.462. The second-order valence-electron chi connectivity index (χ2n) is 9.46. The molecule has 1 spiro atoms. The van der Waals surface area contributed by atoms with Crippen molar-refractivity contribution in [1.82, 2.24) is 14.7 Å². The van der Waals surface area contributed by atoms with Crippen molar-refractivity contribution in [3.8, 4) is 5.75 Å². The molecule has 2 fully saturated rings. The first kappa shape index (κ1) is 22.3. The minimum absolute atomic E-state index is 0.0266. The molecular formula is C26H33N3O3. The summed E-state index contributed by atoms with van der Waals surface area (Å²) in [7, 11) is 0. The lowest BCUT2D eigenvalue weighted by molar-refractivity contribution is -0.136. The van der Waals surface area contributed by atoms with Gasteiger partial charge in [-0.2, -0.15) is 0 Å². The highest BCUT2D eigenvalue weighted by Gasteiger charge is 2.57. The van der Waals surface area contributed by atoms with E-state index >= 15 is 0 Å². The van der Waals surface area contributed by atoms with Crippen LogP contribution in [-0.2, 0) is 17.8 Å². The topological polar surface area (TPSA) is 64.1 Å². The normalized spacial score (nSPS) is 18.8. The molecule has 2 aliphatic rings. The summed E-state index contributed by atoms with van der Waals surface area (Å²) in [6, 6.07) is 17.3. The van der Waals surface area contributed by atoms with E-state index in [0.717, 1.165) is 31.6 Å². The van der Waals surface area contributed by atoms with Gasteiger partial charge in [0.25, 0.3) is 5.91 Å². The van der Waals surface area contributed by atoms with Gasteiger partial charge in [0.2, 0.25) is 0 Å². The van der Waals surface area contributed by atoms with Crippen LogP contribution in [-0.4, -0.2) is 63.5 Å². The van der Waals surface area contributed by atoms with Crippen LogP contribution in [0.5, 0.6) is 5.75 Å². The minimum Gasteiger partial charge on any atom is -0.508 e. The lowest BCUT2D eigenvalue weighted by atomic mass is 9.85. The molecule has 2 aromatic carbocycles. The van der Waals surface area contributed by atoms with E-state index in [1.165, 1.54) is 10.5 Å². The molecule has 4 rings (SSSR count). The van der Waals surface area contributed by atoms with Gasteiger partial charge in [0, 0.05) is 32.7 Å². The molecule has 0 aliphatic carbocycles. The number of likely N-dealkylation sites (tertiary alicyclic amines) is 1. The van der Waals surface area contributed by atoms with Gasteiger partial charge in [0.1, 0.15) is 11.3 Å². The molecule has 2 heterocycles. The maximum Gasteiger partial charge on any atom is 0.327 e. The molecule has 6 nitrogen and oxygen atoms in total. The number of hydrogen-bond donors (Lipinski definition) is 1. The van der Waals surface area contributed by atoms with Crippen LogP contribution in [0.15, 0.2) is 54.6 Å². The highest BCUT2D eigenvalue weighted by molar-refractivity contribution is 6.07. The zero-order chi connectivity index (χ0) is 22.7. The van der Waals surface area contributed by atoms with Crippen molar-refractivity contribution in [2.45, 2.75) is 45.2 Å². The molecule has 0 bridgehead atoms. The minimum atomic E-state index is -0.740. The second-order valence-corrected chi connectivity index (χ2v) is 9.46. The Hall–Kier alpha value is -2.86. The Morgan fingerprint density at radius 2 is 1.66 bits per heavy atom. The molecule has 0 atom stereocenters. The zero-order valence-electron chi connectivity index (χ0n) is 19.0. The van der Waals surface area contributed by atoms with Crippen LogP contribution in [0.3, 0.4) is 0 Å². The summed E-state index contributed by atoms with van der Waals surface area (Å²) < 4.78 is 0. The molecule has 0 aromatic heterocycles. The Balaban J connectivity index is 1.50. The number of phenols is 1. The van der Waals surface area contributed by atoms with Crippen molar-refractivity contribution in [1.29, 1.82) is 0 Å². The van der Waals surface area contributed by atoms with Gasteiger partial charge in [-0.3, -0.25) is 14.6 Å². The summed E-state index contributed by atoms with van der Waals surface area (Å²) in [4.78, 5) is 32.6. The van der Waals surface area contributed by atoms with Crippen molar-refractivity contribution >= 4 is 11.9 Å². The number of imide groups is 1. The summed E-state index contributed by atoms with van der Waals surface area (Å²) >= 11 is 0. The van der Waals surface area contributed by atoms with Gasteiger partial charge >= 0.3 is 6.03 Å². The standard InChI is InChI=1S/C26H33N3O3/c1-20(2)18-28-24(31)26(29(25(28)32)14-11-21-7-4-3-5-8-21)12-15-27(16-13-26)19-22-9-6-10-23(30)17-22/h3-10,17,20,30H,11-16,18-19H2,1-2H3. The molecule has 2 aromatic rings. The number of amides is 3. The van der Waals surface area contributed by atoms with E-state index in [1.54, 1.807) is 12.1 Å². The van der Waals surface area contributed by atoms with Crippen LogP contribution in [0.4, 0.5) is 4.79 Å². The fourth-order valence-corrected chi connectivity index (χ4v) is 4.98. The quantitative estimate of drug-likeness (QED) is 0.670. The van der Waals surface area contributed by atoms with Crippen LogP contribution >= 0.6 is 0 Å². The Morgan fingerprint density at radius 3 is 2.31 bits per heavy atom. The van der Waals surface area contributed by atoms with E-state index in [-0.39, 0.29) is 23.6 Å². The fourth-order valence-electron chi connectivity index (χ4n) is 4.98. The molecule has 170 valence electrons. The van der Waals surface area contributed by atoms with Crippen LogP contribution in [0, 0.1) is 5.92 Å². The molecule has 2 saturated heterocycles. The van der Waals surface area contributed by atoms with Crippen molar-refractivity contribution in [3.05, 3.63) is 65.7 Å². The lowest BCUT2D eigenvalue weighted by Gasteiger charge is -2.42. The highest BCUT2D eigenvalue weighted by Crippen LogP contribution is 2.38. The van der Waals surface area contributed by atoms with Gasteiger partial charge in [-0.15, -0.1) is 0 Å². The lowest BCUT2D eigenvalue weighted by Crippen LogP contribution is -2.56. The SMILES string of the molecule is CC(C)CN1C(=O)N(CCc2ccccc2)C2(CCN(Cc3cccc(O)c3)CC2)C1=O. The van der Waals surface area contributed by atoms with Crippen molar-refractivity contribution in [2.24, 2.45) is 5.92 Å². The van der Waals surface area contributed by atoms with Crippen LogP contribution in [0.25, 0.3) is 0 Å². The number of phenolic OH excluding ortho intramolecular Hbond substituents is 1. The molecule has 32 heavy (non-hydrogen) atoms. The van der Waals surface area contributed by atoms with E-state index in [0.29, 0.717) is 25.9 Å². The van der Waals surface area contributed by atoms with Gasteiger partial charge < -0.3 is 10.0 Å². The molecule has 3 amide bonds. The molecule has 0 unspecified atom stereocenters. The van der Waals surface area contributed by atoms with E-state index in [2.05, 4.69) is 17.0 Å². The Bertz CT molecular complexity index is 952. The number of piperidine rings is 1.